The van der Waals surface area contributed by atoms with Gasteiger partial charge in [-0.15, -0.1) is 0 Å². The third-order valence-corrected chi connectivity index (χ3v) is 4.76. The highest BCUT2D eigenvalue weighted by molar-refractivity contribution is 6.31. The van der Waals surface area contributed by atoms with Crippen LogP contribution in [-0.2, 0) is 18.5 Å². The van der Waals surface area contributed by atoms with E-state index in [1.807, 2.05) is 0 Å². The molecule has 0 atom stereocenters. The van der Waals surface area contributed by atoms with E-state index in [0.717, 1.165) is 32.0 Å². The Hall–Kier alpha value is -1.50. The van der Waals surface area contributed by atoms with Crippen molar-refractivity contribution in [1.82, 2.24) is 19.9 Å². The van der Waals surface area contributed by atoms with Gasteiger partial charge in [-0.05, 0) is 12.1 Å². The van der Waals surface area contributed by atoms with Gasteiger partial charge in [0.1, 0.15) is 5.82 Å². The van der Waals surface area contributed by atoms with Gasteiger partial charge in [0.15, 0.2) is 5.82 Å². The Morgan fingerprint density at radius 1 is 1.12 bits per heavy atom. The Bertz CT molecular complexity index is 700. The Morgan fingerprint density at radius 3 is 2.32 bits per heavy atom. The van der Waals surface area contributed by atoms with Crippen LogP contribution in [0.2, 0.25) is 5.02 Å². The Kier molecular flexibility index (Phi) is 5.41. The fraction of sp³-hybridized carbons (Fsp3) is 0.556. The number of rotatable bonds is 4. The van der Waals surface area contributed by atoms with Crippen LogP contribution in [0.25, 0.3) is 0 Å². The van der Waals surface area contributed by atoms with Crippen molar-refractivity contribution in [3.63, 3.8) is 0 Å². The van der Waals surface area contributed by atoms with Gasteiger partial charge in [-0.3, -0.25) is 9.80 Å². The fourth-order valence-electron chi connectivity index (χ4n) is 2.83. The monoisotopic (exact) mass is 366 g/mol. The van der Waals surface area contributed by atoms with Crippen molar-refractivity contribution in [3.05, 3.63) is 46.3 Å². The molecule has 1 fully saturated rings. The molecule has 5 nitrogen and oxygen atoms in total. The molecule has 7 heteroatoms. The minimum Gasteiger partial charge on any atom is -0.338 e. The first-order valence-electron chi connectivity index (χ1n) is 8.53. The van der Waals surface area contributed by atoms with Gasteiger partial charge >= 0.3 is 0 Å². The van der Waals surface area contributed by atoms with Gasteiger partial charge in [-0.1, -0.05) is 43.6 Å². The normalized spacial score (nSPS) is 17.2. The minimum atomic E-state index is -0.240. The highest BCUT2D eigenvalue weighted by Crippen LogP contribution is 2.22. The van der Waals surface area contributed by atoms with Gasteiger partial charge < -0.3 is 4.52 Å². The van der Waals surface area contributed by atoms with E-state index in [0.29, 0.717) is 29.6 Å². The summed E-state index contributed by atoms with van der Waals surface area (Å²) in [5.74, 6) is 1.14. The molecule has 1 saturated heterocycles. The quantitative estimate of drug-likeness (QED) is 0.829. The van der Waals surface area contributed by atoms with Crippen LogP contribution in [0.15, 0.2) is 22.7 Å². The van der Waals surface area contributed by atoms with Crippen molar-refractivity contribution >= 4 is 11.6 Å². The van der Waals surface area contributed by atoms with E-state index in [9.17, 15) is 4.39 Å². The van der Waals surface area contributed by atoms with Crippen LogP contribution in [0.1, 0.15) is 38.0 Å². The van der Waals surface area contributed by atoms with Crippen LogP contribution in [0.5, 0.6) is 0 Å². The zero-order valence-corrected chi connectivity index (χ0v) is 15.7. The van der Waals surface area contributed by atoms with E-state index in [1.54, 1.807) is 12.1 Å². The molecule has 1 aromatic carbocycles. The average molecular weight is 367 g/mol. The van der Waals surface area contributed by atoms with Crippen LogP contribution in [0.3, 0.4) is 0 Å². The lowest BCUT2D eigenvalue weighted by atomic mass is 9.96. The molecular weight excluding hydrogens is 343 g/mol. The molecule has 25 heavy (non-hydrogen) atoms. The van der Waals surface area contributed by atoms with Crippen molar-refractivity contribution in [1.29, 1.82) is 0 Å². The highest BCUT2D eigenvalue weighted by Gasteiger charge is 2.24. The third kappa shape index (κ3) is 4.57. The summed E-state index contributed by atoms with van der Waals surface area (Å²) in [5.41, 5.74) is 0.462. The number of nitrogens with zero attached hydrogens (tertiary/aromatic N) is 4. The standard InChI is InChI=1S/C18H24ClFN4O/c1-18(2,3)17-21-16(25-22-17)12-24-9-7-23(8-10-24)11-13-14(19)5-4-6-15(13)20/h4-6H,7-12H2,1-3H3. The Labute approximate surface area is 152 Å². The maximum absolute atomic E-state index is 13.9. The number of halogens is 2. The summed E-state index contributed by atoms with van der Waals surface area (Å²) in [7, 11) is 0. The lowest BCUT2D eigenvalue weighted by molar-refractivity contribution is 0.111. The molecule has 2 aromatic rings. The lowest BCUT2D eigenvalue weighted by Gasteiger charge is -2.34. The van der Waals surface area contributed by atoms with Crippen molar-refractivity contribution < 1.29 is 8.91 Å². The van der Waals surface area contributed by atoms with E-state index >= 15 is 0 Å². The first-order valence-corrected chi connectivity index (χ1v) is 8.91. The second-order valence-electron chi connectivity index (χ2n) is 7.51. The summed E-state index contributed by atoms with van der Waals surface area (Å²) in [5, 5.41) is 4.55. The van der Waals surface area contributed by atoms with Gasteiger partial charge in [0.05, 0.1) is 6.54 Å². The van der Waals surface area contributed by atoms with Crippen LogP contribution < -0.4 is 0 Å². The smallest absolute Gasteiger partial charge is 0.240 e. The van der Waals surface area contributed by atoms with E-state index in [1.165, 1.54) is 6.07 Å². The second-order valence-corrected chi connectivity index (χ2v) is 7.92. The predicted octanol–water partition coefficient (Wildman–Crippen LogP) is 3.48. The van der Waals surface area contributed by atoms with Crippen molar-refractivity contribution in [2.75, 3.05) is 26.2 Å². The molecule has 136 valence electrons. The molecule has 0 radical (unpaired) electrons. The molecule has 0 bridgehead atoms. The maximum atomic E-state index is 13.9. The number of hydrogen-bond acceptors (Lipinski definition) is 5. The number of piperazine rings is 1. The van der Waals surface area contributed by atoms with Crippen LogP contribution >= 0.6 is 11.6 Å². The van der Waals surface area contributed by atoms with Gasteiger partial charge in [-0.25, -0.2) is 4.39 Å². The van der Waals surface area contributed by atoms with E-state index in [2.05, 4.69) is 40.7 Å². The van der Waals surface area contributed by atoms with E-state index in [4.69, 9.17) is 16.1 Å². The number of aromatic nitrogens is 2. The van der Waals surface area contributed by atoms with Crippen molar-refractivity contribution in [2.24, 2.45) is 0 Å². The largest absolute Gasteiger partial charge is 0.338 e. The zero-order chi connectivity index (χ0) is 18.0. The summed E-state index contributed by atoms with van der Waals surface area (Å²) in [4.78, 5) is 8.98. The SMILES string of the molecule is CC(C)(C)c1noc(CN2CCN(Cc3c(F)cccc3Cl)CC2)n1. The highest BCUT2D eigenvalue weighted by atomic mass is 35.5. The molecule has 0 saturated carbocycles. The second kappa shape index (κ2) is 7.40. The van der Waals surface area contributed by atoms with Gasteiger partial charge in [0.25, 0.3) is 0 Å². The molecule has 0 amide bonds. The molecule has 0 aliphatic carbocycles. The summed E-state index contributed by atoms with van der Waals surface area (Å²) in [6.07, 6.45) is 0. The van der Waals surface area contributed by atoms with E-state index < -0.39 is 0 Å². The molecule has 1 aromatic heterocycles. The summed E-state index contributed by atoms with van der Waals surface area (Å²) >= 11 is 6.12. The first kappa shape index (κ1) is 18.3. The van der Waals surface area contributed by atoms with Gasteiger partial charge in [0, 0.05) is 48.7 Å². The summed E-state index contributed by atoms with van der Waals surface area (Å²) in [6.45, 7) is 10.8. The Balaban J connectivity index is 1.53. The maximum Gasteiger partial charge on any atom is 0.240 e. The topological polar surface area (TPSA) is 45.4 Å². The molecular formula is C18H24ClFN4O. The van der Waals surface area contributed by atoms with Crippen LogP contribution in [0, 0.1) is 5.82 Å². The van der Waals surface area contributed by atoms with Crippen molar-refractivity contribution in [2.45, 2.75) is 39.3 Å². The summed E-state index contributed by atoms with van der Waals surface area (Å²) < 4.78 is 19.3. The average Bonchev–Trinajstić information content (AvgIpc) is 3.01. The van der Waals surface area contributed by atoms with Crippen LogP contribution in [-0.4, -0.2) is 46.1 Å². The molecule has 0 spiro atoms. The summed E-state index contributed by atoms with van der Waals surface area (Å²) in [6, 6.07) is 4.83. The molecule has 2 heterocycles. The minimum absolute atomic E-state index is 0.112. The Morgan fingerprint density at radius 2 is 1.76 bits per heavy atom. The molecule has 0 unspecified atom stereocenters. The zero-order valence-electron chi connectivity index (χ0n) is 14.9. The fourth-order valence-corrected chi connectivity index (χ4v) is 3.05. The van der Waals surface area contributed by atoms with Gasteiger partial charge in [-0.2, -0.15) is 4.98 Å². The third-order valence-electron chi connectivity index (χ3n) is 4.41. The van der Waals surface area contributed by atoms with Crippen molar-refractivity contribution in [3.8, 4) is 0 Å². The molecule has 0 N–H and O–H groups in total. The predicted molar refractivity (Wildman–Crippen MR) is 95.0 cm³/mol. The lowest BCUT2D eigenvalue weighted by Crippen LogP contribution is -2.45. The number of benzene rings is 1. The van der Waals surface area contributed by atoms with Gasteiger partial charge in [0.2, 0.25) is 5.89 Å². The van der Waals surface area contributed by atoms with E-state index in [-0.39, 0.29) is 11.2 Å². The van der Waals surface area contributed by atoms with Crippen LogP contribution in [0.4, 0.5) is 4.39 Å². The first-order chi connectivity index (χ1) is 11.8. The molecule has 1 aliphatic rings. The molecule has 1 aliphatic heterocycles. The molecule has 3 rings (SSSR count). The number of hydrogen-bond donors (Lipinski definition) is 0.